The smallest absolute Gasteiger partial charge is 0.339 e. The molecule has 0 heterocycles. The van der Waals surface area contributed by atoms with Gasteiger partial charge in [0.15, 0.2) is 0 Å². The second-order valence-electron chi connectivity index (χ2n) is 3.99. The van der Waals surface area contributed by atoms with Gasteiger partial charge in [0, 0.05) is 13.7 Å². The molecule has 1 amide bonds. The normalized spacial score (nSPS) is 11.8. The molecule has 0 aliphatic rings. The summed E-state index contributed by atoms with van der Waals surface area (Å²) in [5, 5.41) is 2.61. The molecule has 1 aromatic rings. The Labute approximate surface area is 111 Å². The van der Waals surface area contributed by atoms with Gasteiger partial charge in [-0.25, -0.2) is 4.79 Å². The van der Waals surface area contributed by atoms with Gasteiger partial charge >= 0.3 is 5.97 Å². The first-order valence-corrected chi connectivity index (χ1v) is 5.76. The molecule has 0 aliphatic carbocycles. The van der Waals surface area contributed by atoms with Crippen molar-refractivity contribution >= 4 is 17.6 Å². The number of anilines is 1. The molecule has 1 atom stereocenters. The summed E-state index contributed by atoms with van der Waals surface area (Å²) in [5.74, 6) is -0.917. The molecule has 19 heavy (non-hydrogen) atoms. The molecule has 104 valence electrons. The van der Waals surface area contributed by atoms with E-state index in [-0.39, 0.29) is 6.54 Å². The molecule has 0 spiro atoms. The van der Waals surface area contributed by atoms with E-state index in [9.17, 15) is 9.59 Å². The van der Waals surface area contributed by atoms with E-state index in [0.717, 1.165) is 5.56 Å². The van der Waals surface area contributed by atoms with Gasteiger partial charge in [-0.3, -0.25) is 4.79 Å². The van der Waals surface area contributed by atoms with Gasteiger partial charge in [-0.1, -0.05) is 11.6 Å². The molecule has 1 rings (SSSR count). The van der Waals surface area contributed by atoms with Gasteiger partial charge < -0.3 is 20.5 Å². The number of nitrogens with two attached hydrogens (primary N) is 1. The van der Waals surface area contributed by atoms with Crippen LogP contribution >= 0.6 is 0 Å². The molecular weight excluding hydrogens is 248 g/mol. The first-order chi connectivity index (χ1) is 9.03. The third-order valence-electron chi connectivity index (χ3n) is 2.63. The van der Waals surface area contributed by atoms with Gasteiger partial charge in [-0.2, -0.15) is 0 Å². The molecule has 1 unspecified atom stereocenters. The van der Waals surface area contributed by atoms with Crippen LogP contribution in [0.4, 0.5) is 5.69 Å². The van der Waals surface area contributed by atoms with Gasteiger partial charge in [-0.15, -0.1) is 0 Å². The number of rotatable bonds is 5. The second-order valence-corrected chi connectivity index (χ2v) is 3.99. The number of amides is 1. The SMILES string of the molecule is COC(=O)c1cc(C)ccc1NC(=O)C(CN)OC. The molecule has 0 bridgehead atoms. The quantitative estimate of drug-likeness (QED) is 0.765. The van der Waals surface area contributed by atoms with E-state index in [0.29, 0.717) is 11.3 Å². The molecule has 0 aliphatic heterocycles. The molecule has 0 aromatic heterocycles. The molecule has 0 radical (unpaired) electrons. The van der Waals surface area contributed by atoms with Gasteiger partial charge in [0.25, 0.3) is 5.91 Å². The largest absolute Gasteiger partial charge is 0.465 e. The molecule has 0 fully saturated rings. The van der Waals surface area contributed by atoms with Gasteiger partial charge in [0.2, 0.25) is 0 Å². The lowest BCUT2D eigenvalue weighted by atomic mass is 10.1. The zero-order chi connectivity index (χ0) is 14.4. The van der Waals surface area contributed by atoms with Crippen LogP contribution < -0.4 is 11.1 Å². The van der Waals surface area contributed by atoms with Crippen molar-refractivity contribution in [2.45, 2.75) is 13.0 Å². The number of carbonyl (C=O) groups excluding carboxylic acids is 2. The molecule has 1 aromatic carbocycles. The number of hydrogen-bond acceptors (Lipinski definition) is 5. The van der Waals surface area contributed by atoms with Crippen LogP contribution in [0.1, 0.15) is 15.9 Å². The van der Waals surface area contributed by atoms with Crippen molar-refractivity contribution in [2.24, 2.45) is 5.73 Å². The lowest BCUT2D eigenvalue weighted by Crippen LogP contribution is -2.36. The third kappa shape index (κ3) is 3.77. The van der Waals surface area contributed by atoms with Crippen LogP contribution in [0.5, 0.6) is 0 Å². The van der Waals surface area contributed by atoms with E-state index in [1.54, 1.807) is 18.2 Å². The van der Waals surface area contributed by atoms with Crippen LogP contribution in [0.3, 0.4) is 0 Å². The summed E-state index contributed by atoms with van der Waals surface area (Å²) in [7, 11) is 2.68. The van der Waals surface area contributed by atoms with Crippen molar-refractivity contribution in [3.63, 3.8) is 0 Å². The Morgan fingerprint density at radius 2 is 2.05 bits per heavy atom. The van der Waals surface area contributed by atoms with Gasteiger partial charge in [-0.05, 0) is 19.1 Å². The summed E-state index contributed by atoms with van der Waals surface area (Å²) in [4.78, 5) is 23.5. The van der Waals surface area contributed by atoms with Crippen LogP contribution in [0.15, 0.2) is 18.2 Å². The number of ether oxygens (including phenoxy) is 2. The standard InChI is InChI=1S/C13H18N2O4/c1-8-4-5-10(9(6-8)13(17)19-3)15-12(16)11(7-14)18-2/h4-6,11H,7,14H2,1-3H3,(H,15,16). The number of methoxy groups -OCH3 is 2. The van der Waals surface area contributed by atoms with Crippen LogP contribution in [-0.2, 0) is 14.3 Å². The van der Waals surface area contributed by atoms with Crippen molar-refractivity contribution in [2.75, 3.05) is 26.1 Å². The molecule has 6 heteroatoms. The fraction of sp³-hybridized carbons (Fsp3) is 0.385. The Hall–Kier alpha value is -1.92. The lowest BCUT2D eigenvalue weighted by Gasteiger charge is -2.15. The summed E-state index contributed by atoms with van der Waals surface area (Å²) >= 11 is 0. The first kappa shape index (κ1) is 15.1. The number of nitrogens with one attached hydrogen (secondary N) is 1. The Morgan fingerprint density at radius 3 is 2.58 bits per heavy atom. The predicted molar refractivity (Wildman–Crippen MR) is 71.0 cm³/mol. The molecule has 6 nitrogen and oxygen atoms in total. The van der Waals surface area contributed by atoms with E-state index in [1.807, 2.05) is 6.92 Å². The highest BCUT2D eigenvalue weighted by molar-refractivity contribution is 6.02. The summed E-state index contributed by atoms with van der Waals surface area (Å²) in [5.41, 5.74) is 6.97. The maximum absolute atomic E-state index is 11.9. The predicted octanol–water partition coefficient (Wildman–Crippen LogP) is 0.694. The zero-order valence-electron chi connectivity index (χ0n) is 11.2. The Bertz CT molecular complexity index is 470. The summed E-state index contributed by atoms with van der Waals surface area (Å²) < 4.78 is 9.61. The topological polar surface area (TPSA) is 90.7 Å². The van der Waals surface area contributed by atoms with Crippen molar-refractivity contribution in [3.8, 4) is 0 Å². The van der Waals surface area contributed by atoms with Crippen LogP contribution in [-0.4, -0.2) is 38.7 Å². The number of benzene rings is 1. The number of esters is 1. The third-order valence-corrected chi connectivity index (χ3v) is 2.63. The highest BCUT2D eigenvalue weighted by Crippen LogP contribution is 2.18. The molecule has 0 saturated heterocycles. The molecule has 3 N–H and O–H groups in total. The van der Waals surface area contributed by atoms with Crippen molar-refractivity contribution in [3.05, 3.63) is 29.3 Å². The van der Waals surface area contributed by atoms with E-state index in [4.69, 9.17) is 10.5 Å². The Morgan fingerprint density at radius 1 is 1.37 bits per heavy atom. The fourth-order valence-electron chi connectivity index (χ4n) is 1.57. The summed E-state index contributed by atoms with van der Waals surface area (Å²) in [6, 6.07) is 5.07. The average molecular weight is 266 g/mol. The van der Waals surface area contributed by atoms with Crippen molar-refractivity contribution < 1.29 is 19.1 Å². The van der Waals surface area contributed by atoms with Crippen LogP contribution in [0, 0.1) is 6.92 Å². The average Bonchev–Trinajstić information content (AvgIpc) is 2.41. The van der Waals surface area contributed by atoms with Crippen molar-refractivity contribution in [1.29, 1.82) is 0 Å². The van der Waals surface area contributed by atoms with Crippen LogP contribution in [0.25, 0.3) is 0 Å². The summed E-state index contributed by atoms with van der Waals surface area (Å²) in [6.07, 6.45) is -0.758. The van der Waals surface area contributed by atoms with Crippen LogP contribution in [0.2, 0.25) is 0 Å². The minimum absolute atomic E-state index is 0.0573. The maximum Gasteiger partial charge on any atom is 0.339 e. The monoisotopic (exact) mass is 266 g/mol. The van der Waals surface area contributed by atoms with E-state index in [1.165, 1.54) is 14.2 Å². The fourth-order valence-corrected chi connectivity index (χ4v) is 1.57. The van der Waals surface area contributed by atoms with Gasteiger partial charge in [0.05, 0.1) is 18.4 Å². The number of aryl methyl sites for hydroxylation is 1. The van der Waals surface area contributed by atoms with E-state index < -0.39 is 18.0 Å². The van der Waals surface area contributed by atoms with Gasteiger partial charge in [0.1, 0.15) is 6.10 Å². The Kier molecular flexibility index (Phi) is 5.47. The van der Waals surface area contributed by atoms with E-state index >= 15 is 0 Å². The van der Waals surface area contributed by atoms with Crippen molar-refractivity contribution in [1.82, 2.24) is 0 Å². The lowest BCUT2D eigenvalue weighted by molar-refractivity contribution is -0.125. The Balaban J connectivity index is 3.00. The summed E-state index contributed by atoms with van der Waals surface area (Å²) in [6.45, 7) is 1.90. The maximum atomic E-state index is 11.9. The highest BCUT2D eigenvalue weighted by atomic mass is 16.5. The minimum Gasteiger partial charge on any atom is -0.465 e. The number of hydrogen-bond donors (Lipinski definition) is 2. The zero-order valence-corrected chi connectivity index (χ0v) is 11.2. The molecular formula is C13H18N2O4. The second kappa shape index (κ2) is 6.86. The number of carbonyl (C=O) groups is 2. The molecule has 0 saturated carbocycles. The first-order valence-electron chi connectivity index (χ1n) is 5.76. The van der Waals surface area contributed by atoms with E-state index in [2.05, 4.69) is 10.1 Å². The minimum atomic E-state index is -0.758. The highest BCUT2D eigenvalue weighted by Gasteiger charge is 2.19.